The number of hydrogen-bond acceptors (Lipinski definition) is 2. The Morgan fingerprint density at radius 3 is 1.76 bits per heavy atom. The Balaban J connectivity index is -0.000000467. The summed E-state index contributed by atoms with van der Waals surface area (Å²) in [6.07, 6.45) is 13.7. The van der Waals surface area contributed by atoms with Crippen LogP contribution in [0, 0.1) is 6.92 Å². The van der Waals surface area contributed by atoms with Crippen molar-refractivity contribution >= 4 is 17.9 Å². The molecule has 0 saturated heterocycles. The summed E-state index contributed by atoms with van der Waals surface area (Å²) >= 11 is 0. The summed E-state index contributed by atoms with van der Waals surface area (Å²) in [5.74, 6) is 0. The number of aliphatic imine (C=N–C) groups is 1. The molecule has 2 N–H and O–H groups in total. The summed E-state index contributed by atoms with van der Waals surface area (Å²) < 4.78 is 0. The maximum Gasteiger partial charge on any atom is 0.0224 e. The molecule has 2 aromatic rings. The second-order valence-corrected chi connectivity index (χ2v) is 6.83. The Labute approximate surface area is 205 Å². The molecule has 0 aliphatic carbocycles. The lowest BCUT2D eigenvalue weighted by Crippen LogP contribution is -1.95. The highest BCUT2D eigenvalue weighted by Gasteiger charge is 1.91. The van der Waals surface area contributed by atoms with Crippen LogP contribution in [-0.4, -0.2) is 5.71 Å². The predicted molar refractivity (Wildman–Crippen MR) is 156 cm³/mol. The second-order valence-electron chi connectivity index (χ2n) is 6.83. The van der Waals surface area contributed by atoms with Crippen molar-refractivity contribution < 1.29 is 0 Å². The summed E-state index contributed by atoms with van der Waals surface area (Å²) in [5.41, 5.74) is 11.6. The topological polar surface area (TPSA) is 38.4 Å². The number of nitrogens with two attached hydrogens (primary N) is 1. The number of rotatable bonds is 4. The lowest BCUT2D eigenvalue weighted by molar-refractivity contribution is 1.07. The summed E-state index contributed by atoms with van der Waals surface area (Å²) in [5, 5.41) is 0. The summed E-state index contributed by atoms with van der Waals surface area (Å²) in [6.45, 7) is 21.8. The molecular formula is C31H48N2. The molecule has 0 atom stereocenters. The first-order chi connectivity index (χ1) is 15.9. The smallest absolute Gasteiger partial charge is 0.0224 e. The van der Waals surface area contributed by atoms with Gasteiger partial charge in [0.05, 0.1) is 0 Å². The molecule has 0 aromatic heterocycles. The van der Waals surface area contributed by atoms with E-state index >= 15 is 0 Å². The zero-order chi connectivity index (χ0) is 25.9. The van der Waals surface area contributed by atoms with Crippen LogP contribution >= 0.6 is 0 Å². The fourth-order valence-corrected chi connectivity index (χ4v) is 1.92. The molecule has 2 rings (SSSR count). The van der Waals surface area contributed by atoms with Gasteiger partial charge in [0.1, 0.15) is 0 Å². The van der Waals surface area contributed by atoms with Gasteiger partial charge >= 0.3 is 0 Å². The van der Waals surface area contributed by atoms with Gasteiger partial charge in [-0.1, -0.05) is 104 Å². The Hall–Kier alpha value is -2.97. The van der Waals surface area contributed by atoms with E-state index < -0.39 is 0 Å². The van der Waals surface area contributed by atoms with Crippen molar-refractivity contribution in [2.75, 3.05) is 0 Å². The molecule has 0 unspecified atom stereocenters. The van der Waals surface area contributed by atoms with Gasteiger partial charge < -0.3 is 5.73 Å². The third-order valence-electron chi connectivity index (χ3n) is 3.55. The first kappa shape index (κ1) is 34.6. The van der Waals surface area contributed by atoms with Crippen LogP contribution in [0.4, 0.5) is 0 Å². The second kappa shape index (κ2) is 27.1. The van der Waals surface area contributed by atoms with Crippen LogP contribution in [0.25, 0.3) is 12.2 Å². The Kier molecular flexibility index (Phi) is 28.4. The van der Waals surface area contributed by atoms with Gasteiger partial charge in [-0.05, 0) is 65.2 Å². The summed E-state index contributed by atoms with van der Waals surface area (Å²) in [6, 6.07) is 16.8. The number of allylic oxidation sites excluding steroid dienone is 4. The van der Waals surface area contributed by atoms with Crippen LogP contribution in [-0.2, 0) is 6.54 Å². The SMILES string of the molecule is C/C=C\C.C/C=C\N=C(C)C.C=CC.CC.Cc1ccc(/C=C/c2cccc(CN)c2)cc1. The van der Waals surface area contributed by atoms with E-state index in [4.69, 9.17) is 5.73 Å². The number of nitrogens with zero attached hydrogens (tertiary/aromatic N) is 1. The number of benzene rings is 2. The quantitative estimate of drug-likeness (QED) is 0.282. The van der Waals surface area contributed by atoms with Crippen molar-refractivity contribution in [1.29, 1.82) is 0 Å². The molecule has 0 spiro atoms. The van der Waals surface area contributed by atoms with Gasteiger partial charge in [-0.25, -0.2) is 0 Å². The van der Waals surface area contributed by atoms with E-state index in [-0.39, 0.29) is 0 Å². The molecule has 2 nitrogen and oxygen atoms in total. The van der Waals surface area contributed by atoms with Gasteiger partial charge in [0.2, 0.25) is 0 Å². The molecule has 0 radical (unpaired) electrons. The molecule has 0 amide bonds. The fraction of sp³-hybridized carbons (Fsp3) is 0.323. The average molecular weight is 449 g/mol. The molecule has 0 heterocycles. The fourth-order valence-electron chi connectivity index (χ4n) is 1.92. The van der Waals surface area contributed by atoms with Gasteiger partial charge in [-0.15, -0.1) is 6.58 Å². The van der Waals surface area contributed by atoms with Gasteiger partial charge in [0.15, 0.2) is 0 Å². The van der Waals surface area contributed by atoms with E-state index in [1.807, 2.05) is 85.8 Å². The molecule has 0 fully saturated rings. The molecule has 0 saturated carbocycles. The third-order valence-corrected chi connectivity index (χ3v) is 3.55. The molecule has 0 bridgehead atoms. The molecule has 0 aliphatic rings. The molecule has 2 aromatic carbocycles. The van der Waals surface area contributed by atoms with Crippen LogP contribution in [0.5, 0.6) is 0 Å². The van der Waals surface area contributed by atoms with Crippen molar-refractivity contribution in [2.45, 2.75) is 68.9 Å². The molecular weight excluding hydrogens is 400 g/mol. The van der Waals surface area contributed by atoms with Crippen LogP contribution < -0.4 is 5.73 Å². The minimum atomic E-state index is 0.589. The van der Waals surface area contributed by atoms with E-state index in [0.717, 1.165) is 11.3 Å². The van der Waals surface area contributed by atoms with E-state index in [9.17, 15) is 0 Å². The predicted octanol–water partition coefficient (Wildman–Crippen LogP) is 9.43. The third kappa shape index (κ3) is 25.2. The first-order valence-corrected chi connectivity index (χ1v) is 11.7. The van der Waals surface area contributed by atoms with Gasteiger partial charge in [0, 0.05) is 18.5 Å². The summed E-state index contributed by atoms with van der Waals surface area (Å²) in [4.78, 5) is 3.98. The van der Waals surface area contributed by atoms with Gasteiger partial charge in [-0.2, -0.15) is 0 Å². The van der Waals surface area contributed by atoms with Crippen LogP contribution in [0.1, 0.15) is 77.6 Å². The Morgan fingerprint density at radius 1 is 0.848 bits per heavy atom. The Bertz CT molecular complexity index is 799. The average Bonchev–Trinajstić information content (AvgIpc) is 2.85. The molecule has 2 heteroatoms. The number of aryl methyl sites for hydroxylation is 1. The first-order valence-electron chi connectivity index (χ1n) is 11.7. The minimum absolute atomic E-state index is 0.589. The zero-order valence-electron chi connectivity index (χ0n) is 22.6. The van der Waals surface area contributed by atoms with Crippen molar-refractivity contribution in [3.05, 3.63) is 108 Å². The largest absolute Gasteiger partial charge is 0.326 e. The molecule has 33 heavy (non-hydrogen) atoms. The van der Waals surface area contributed by atoms with Crippen LogP contribution in [0.15, 0.2) is 90.6 Å². The minimum Gasteiger partial charge on any atom is -0.326 e. The van der Waals surface area contributed by atoms with E-state index in [2.05, 4.69) is 67.0 Å². The van der Waals surface area contributed by atoms with Crippen LogP contribution in [0.2, 0.25) is 0 Å². The van der Waals surface area contributed by atoms with Crippen molar-refractivity contribution in [1.82, 2.24) is 0 Å². The van der Waals surface area contributed by atoms with Crippen LogP contribution in [0.3, 0.4) is 0 Å². The van der Waals surface area contributed by atoms with E-state index in [0.29, 0.717) is 6.54 Å². The monoisotopic (exact) mass is 448 g/mol. The Morgan fingerprint density at radius 2 is 1.36 bits per heavy atom. The number of hydrogen-bond donors (Lipinski definition) is 1. The standard InChI is InChI=1S/C16H17N.C6H11N.C4H8.C3H6.C2H6/c1-13-5-7-14(8-6-13)9-10-15-3-2-4-16(11-15)12-17;1-4-5-7-6(2)3;1-3-4-2;1-3-2;1-2/h2-11H,12,17H2,1H3;4-5H,1-3H3;3-4H,1-2H3;3H,1H2,2H3;1-2H3/b10-9+;5-4-;4-3-;;. The van der Waals surface area contributed by atoms with Crippen molar-refractivity contribution in [2.24, 2.45) is 10.7 Å². The molecule has 182 valence electrons. The van der Waals surface area contributed by atoms with Crippen molar-refractivity contribution in [3.8, 4) is 0 Å². The highest BCUT2D eigenvalue weighted by molar-refractivity contribution is 5.79. The highest BCUT2D eigenvalue weighted by atomic mass is 14.7. The zero-order valence-corrected chi connectivity index (χ0v) is 22.6. The lowest BCUT2D eigenvalue weighted by Gasteiger charge is -1.99. The van der Waals surface area contributed by atoms with E-state index in [1.54, 1.807) is 12.3 Å². The molecule has 0 aliphatic heterocycles. The van der Waals surface area contributed by atoms with E-state index in [1.165, 1.54) is 16.7 Å². The highest BCUT2D eigenvalue weighted by Crippen LogP contribution is 2.11. The maximum atomic E-state index is 5.62. The summed E-state index contributed by atoms with van der Waals surface area (Å²) in [7, 11) is 0. The van der Waals surface area contributed by atoms with Gasteiger partial charge in [0.25, 0.3) is 0 Å². The lowest BCUT2D eigenvalue weighted by atomic mass is 10.1. The van der Waals surface area contributed by atoms with Crippen molar-refractivity contribution in [3.63, 3.8) is 0 Å². The normalized spacial score (nSPS) is 9.39. The maximum absolute atomic E-state index is 5.62. The van der Waals surface area contributed by atoms with Gasteiger partial charge in [-0.3, -0.25) is 4.99 Å².